The molecular weight excluding hydrogens is 303 g/mol. The second-order valence-corrected chi connectivity index (χ2v) is 6.50. The van der Waals surface area contributed by atoms with E-state index >= 15 is 0 Å². The van der Waals surface area contributed by atoms with Gasteiger partial charge in [-0.3, -0.25) is 4.79 Å². The highest BCUT2D eigenvalue weighted by molar-refractivity contribution is 5.87. The zero-order chi connectivity index (χ0) is 17.3. The van der Waals surface area contributed by atoms with Crippen LogP contribution < -0.4 is 0 Å². The molecule has 1 unspecified atom stereocenters. The van der Waals surface area contributed by atoms with Crippen LogP contribution in [-0.4, -0.2) is 23.9 Å². The summed E-state index contributed by atoms with van der Waals surface area (Å²) in [5, 5.41) is 0. The number of halogens is 3. The molecule has 1 atom stereocenters. The summed E-state index contributed by atoms with van der Waals surface area (Å²) >= 11 is 0. The van der Waals surface area contributed by atoms with Crippen LogP contribution in [0.2, 0.25) is 0 Å². The largest absolute Gasteiger partial charge is 0.416 e. The van der Waals surface area contributed by atoms with E-state index in [1.54, 1.807) is 4.90 Å². The minimum atomic E-state index is -4.32. The number of hydrogen-bond acceptors (Lipinski definition) is 1. The smallest absolute Gasteiger partial charge is 0.338 e. The predicted octanol–water partition coefficient (Wildman–Crippen LogP) is 4.39. The Bertz CT molecular complexity index is 614. The molecule has 1 heterocycles. The number of hydrogen-bond donors (Lipinski definition) is 0. The molecule has 2 rings (SSSR count). The number of likely N-dealkylation sites (tertiary alicyclic amines) is 1. The van der Waals surface area contributed by atoms with Crippen LogP contribution in [0.25, 0.3) is 6.08 Å². The number of carbonyl (C=O) groups excluding carboxylic acids is 1. The lowest BCUT2D eigenvalue weighted by atomic mass is 9.81. The molecule has 1 aromatic carbocycles. The summed E-state index contributed by atoms with van der Waals surface area (Å²) in [6.07, 6.45) is 0.771. The van der Waals surface area contributed by atoms with E-state index in [4.69, 9.17) is 0 Å². The van der Waals surface area contributed by atoms with Crippen molar-refractivity contribution in [1.29, 1.82) is 0 Å². The van der Waals surface area contributed by atoms with Gasteiger partial charge in [0.15, 0.2) is 0 Å². The van der Waals surface area contributed by atoms with Crippen molar-refractivity contribution in [3.05, 3.63) is 54.1 Å². The van der Waals surface area contributed by atoms with E-state index in [2.05, 4.69) is 20.4 Å². The van der Waals surface area contributed by atoms with E-state index < -0.39 is 11.7 Å². The Labute approximate surface area is 134 Å². The number of nitrogens with zero attached hydrogens (tertiary/aromatic N) is 1. The summed E-state index contributed by atoms with van der Waals surface area (Å²) in [4.78, 5) is 13.5. The van der Waals surface area contributed by atoms with Crippen LogP contribution in [0, 0.1) is 11.3 Å². The monoisotopic (exact) mass is 323 g/mol. The van der Waals surface area contributed by atoms with Gasteiger partial charge in [-0.1, -0.05) is 44.7 Å². The van der Waals surface area contributed by atoms with Crippen LogP contribution in [0.1, 0.15) is 25.0 Å². The second-order valence-electron chi connectivity index (χ2n) is 6.50. The fourth-order valence-corrected chi connectivity index (χ4v) is 2.79. The lowest BCUT2D eigenvalue weighted by molar-refractivity contribution is -0.137. The molecule has 0 radical (unpaired) electrons. The Morgan fingerprint density at radius 2 is 1.91 bits per heavy atom. The van der Waals surface area contributed by atoms with Crippen molar-refractivity contribution in [3.63, 3.8) is 0 Å². The molecule has 0 N–H and O–H groups in total. The second kappa shape index (κ2) is 6.22. The topological polar surface area (TPSA) is 20.3 Å². The maximum atomic E-state index is 12.5. The van der Waals surface area contributed by atoms with E-state index in [1.807, 2.05) is 12.2 Å². The first-order valence-electron chi connectivity index (χ1n) is 7.40. The molecule has 1 amide bonds. The Hall–Kier alpha value is -2.04. The summed E-state index contributed by atoms with van der Waals surface area (Å²) in [5.74, 6) is 0.0530. The highest BCUT2D eigenvalue weighted by Gasteiger charge is 2.39. The Morgan fingerprint density at radius 3 is 2.43 bits per heavy atom. The average Bonchev–Trinajstić information content (AvgIpc) is 2.78. The molecule has 1 aromatic rings. The lowest BCUT2D eigenvalue weighted by Crippen LogP contribution is -2.28. The normalized spacial score (nSPS) is 20.9. The molecule has 1 aliphatic rings. The molecule has 0 spiro atoms. The number of rotatable bonds is 3. The maximum absolute atomic E-state index is 12.5. The van der Waals surface area contributed by atoms with Gasteiger partial charge in [0.2, 0.25) is 5.91 Å². The maximum Gasteiger partial charge on any atom is 0.416 e. The van der Waals surface area contributed by atoms with Crippen LogP contribution in [0.4, 0.5) is 13.2 Å². The van der Waals surface area contributed by atoms with Crippen LogP contribution in [0.5, 0.6) is 0 Å². The van der Waals surface area contributed by atoms with Gasteiger partial charge in [0.1, 0.15) is 0 Å². The number of carbonyl (C=O) groups is 1. The van der Waals surface area contributed by atoms with Gasteiger partial charge in [-0.25, -0.2) is 0 Å². The first-order chi connectivity index (χ1) is 10.6. The Morgan fingerprint density at radius 1 is 1.30 bits per heavy atom. The average molecular weight is 323 g/mol. The molecule has 2 nitrogen and oxygen atoms in total. The molecule has 124 valence electrons. The zero-order valence-corrected chi connectivity index (χ0v) is 13.2. The third-order valence-electron chi connectivity index (χ3n) is 4.26. The van der Waals surface area contributed by atoms with Gasteiger partial charge in [-0.2, -0.15) is 13.2 Å². The third kappa shape index (κ3) is 4.03. The lowest BCUT2D eigenvalue weighted by Gasteiger charge is -2.22. The number of alkyl halides is 3. The van der Waals surface area contributed by atoms with Crippen molar-refractivity contribution in [2.75, 3.05) is 13.1 Å². The minimum Gasteiger partial charge on any atom is -0.338 e. The number of amides is 1. The van der Waals surface area contributed by atoms with Gasteiger partial charge >= 0.3 is 6.18 Å². The van der Waals surface area contributed by atoms with Crippen LogP contribution >= 0.6 is 0 Å². The molecule has 5 heteroatoms. The standard InChI is InChI=1S/C18H20F3NO/c1-4-16(23)22-11-15(17(2,3)12-22)10-7-13-5-8-14(9-6-13)18(19,20)21/h4-10,15H,1,11-12H2,2-3H3/b10-7+. The molecule has 1 fully saturated rings. The van der Waals surface area contributed by atoms with Gasteiger partial charge in [0, 0.05) is 19.0 Å². The van der Waals surface area contributed by atoms with Crippen LogP contribution in [-0.2, 0) is 11.0 Å². The number of benzene rings is 1. The fourth-order valence-electron chi connectivity index (χ4n) is 2.79. The molecule has 0 bridgehead atoms. The highest BCUT2D eigenvalue weighted by Crippen LogP contribution is 2.36. The highest BCUT2D eigenvalue weighted by atomic mass is 19.4. The summed E-state index contributed by atoms with van der Waals surface area (Å²) in [7, 11) is 0. The van der Waals surface area contributed by atoms with Gasteiger partial charge in [-0.15, -0.1) is 0 Å². The fraction of sp³-hybridized carbons (Fsp3) is 0.389. The van der Waals surface area contributed by atoms with Gasteiger partial charge in [0.25, 0.3) is 0 Å². The van der Waals surface area contributed by atoms with Crippen molar-refractivity contribution in [1.82, 2.24) is 4.90 Å². The van der Waals surface area contributed by atoms with Gasteiger partial charge in [-0.05, 0) is 29.2 Å². The minimum absolute atomic E-state index is 0.0823. The van der Waals surface area contributed by atoms with Crippen LogP contribution in [0.3, 0.4) is 0 Å². The van der Waals surface area contributed by atoms with E-state index in [0.29, 0.717) is 18.7 Å². The van der Waals surface area contributed by atoms with E-state index in [0.717, 1.165) is 12.1 Å². The molecular formula is C18H20F3NO. The van der Waals surface area contributed by atoms with Gasteiger partial charge < -0.3 is 4.90 Å². The molecule has 23 heavy (non-hydrogen) atoms. The summed E-state index contributed by atoms with van der Waals surface area (Å²) in [6, 6.07) is 5.06. The SMILES string of the molecule is C=CC(=O)N1CC(/C=C/c2ccc(C(F)(F)F)cc2)C(C)(C)C1. The summed E-state index contributed by atoms with van der Waals surface area (Å²) in [5.41, 5.74) is -0.0259. The first kappa shape index (κ1) is 17.3. The van der Waals surface area contributed by atoms with E-state index in [1.165, 1.54) is 18.2 Å². The Kier molecular flexibility index (Phi) is 4.68. The van der Waals surface area contributed by atoms with E-state index in [-0.39, 0.29) is 17.2 Å². The third-order valence-corrected chi connectivity index (χ3v) is 4.26. The van der Waals surface area contributed by atoms with Crippen molar-refractivity contribution in [2.24, 2.45) is 11.3 Å². The Balaban J connectivity index is 2.10. The first-order valence-corrected chi connectivity index (χ1v) is 7.40. The van der Waals surface area contributed by atoms with Crippen LogP contribution in [0.15, 0.2) is 43.0 Å². The molecule has 0 aromatic heterocycles. The van der Waals surface area contributed by atoms with Crippen molar-refractivity contribution in [3.8, 4) is 0 Å². The van der Waals surface area contributed by atoms with Crippen molar-refractivity contribution >= 4 is 12.0 Å². The summed E-state index contributed by atoms with van der Waals surface area (Å²) in [6.45, 7) is 8.88. The van der Waals surface area contributed by atoms with Crippen molar-refractivity contribution in [2.45, 2.75) is 20.0 Å². The predicted molar refractivity (Wildman–Crippen MR) is 84.5 cm³/mol. The summed E-state index contributed by atoms with van der Waals surface area (Å²) < 4.78 is 37.6. The zero-order valence-electron chi connectivity index (χ0n) is 13.2. The van der Waals surface area contributed by atoms with Crippen molar-refractivity contribution < 1.29 is 18.0 Å². The molecule has 0 saturated carbocycles. The molecule has 1 aliphatic heterocycles. The quantitative estimate of drug-likeness (QED) is 0.756. The van der Waals surface area contributed by atoms with Gasteiger partial charge in [0.05, 0.1) is 5.56 Å². The van der Waals surface area contributed by atoms with E-state index in [9.17, 15) is 18.0 Å². The molecule has 0 aliphatic carbocycles. The molecule has 1 saturated heterocycles.